The monoisotopic (exact) mass is 697 g/mol. The van der Waals surface area contributed by atoms with E-state index in [1.165, 1.54) is 47.4 Å². The summed E-state index contributed by atoms with van der Waals surface area (Å²) in [6.45, 7) is 5.02. The van der Waals surface area contributed by atoms with Gasteiger partial charge in [0.2, 0.25) is 0 Å². The van der Waals surface area contributed by atoms with Gasteiger partial charge >= 0.3 is 11.4 Å². The number of rotatable bonds is 7. The molecule has 3 aliphatic rings. The van der Waals surface area contributed by atoms with Crippen LogP contribution in [0.1, 0.15) is 50.4 Å². The number of aromatic nitrogens is 5. The zero-order valence-corrected chi connectivity index (χ0v) is 29.5. The number of aromatic hydroxyl groups is 1. The Bertz CT molecular complexity index is 2430. The molecule has 4 aromatic rings. The predicted molar refractivity (Wildman–Crippen MR) is 186 cm³/mol. The number of fused-ring (bicyclic) bond motifs is 5. The molecule has 2 aromatic heterocycles. The Hall–Kier alpha value is -5.66. The molecular formula is C37H39N5O9. The fourth-order valence-corrected chi connectivity index (χ4v) is 8.45. The molecule has 0 saturated heterocycles. The van der Waals surface area contributed by atoms with Gasteiger partial charge in [0.15, 0.2) is 23.1 Å². The summed E-state index contributed by atoms with van der Waals surface area (Å²) in [7, 11) is 6.07. The average molecular weight is 698 g/mol. The van der Waals surface area contributed by atoms with Crippen LogP contribution in [0.4, 0.5) is 0 Å². The van der Waals surface area contributed by atoms with Crippen molar-refractivity contribution in [3.05, 3.63) is 95.7 Å². The molecule has 3 heterocycles. The van der Waals surface area contributed by atoms with Crippen molar-refractivity contribution in [1.29, 1.82) is 0 Å². The van der Waals surface area contributed by atoms with Crippen LogP contribution in [0.2, 0.25) is 0 Å². The summed E-state index contributed by atoms with van der Waals surface area (Å²) >= 11 is 0. The lowest BCUT2D eigenvalue weighted by Crippen LogP contribution is -2.55. The number of hydrogen-bond donors (Lipinski definition) is 1. The molecule has 1 fully saturated rings. The molecule has 0 amide bonds. The topological polar surface area (TPSA) is 166 Å². The van der Waals surface area contributed by atoms with Gasteiger partial charge in [-0.15, -0.1) is 0 Å². The van der Waals surface area contributed by atoms with Crippen LogP contribution in [-0.4, -0.2) is 61.5 Å². The highest BCUT2D eigenvalue weighted by Gasteiger charge is 2.61. The number of aryl methyl sites for hydroxylation is 2. The number of carbonyl (C=O) groups is 2. The normalized spacial score (nSPS) is 22.7. The van der Waals surface area contributed by atoms with Crippen LogP contribution in [0, 0.1) is 11.3 Å². The van der Waals surface area contributed by atoms with Crippen molar-refractivity contribution < 1.29 is 28.9 Å². The molecule has 0 unspecified atom stereocenters. The standard InChI is InChI=1S/C37H39N5O9/c1-18-19(2)33(45)37(3)23(32(18)44)15-26-21(31(37)22-9-8-20(43)14-28(22)49-5)10-13-41-35(47)40(36(48)42(26)41)12-11-24-34(46)39(4)27-17-30(51-7)29(50-6)16-25(27)38-24/h8-10,14,16-17,23,26,31,43H,11-13,15H2,1-7H3/t23-,26+,31+,37+/m0/s1. The van der Waals surface area contributed by atoms with E-state index in [4.69, 9.17) is 14.2 Å². The van der Waals surface area contributed by atoms with Gasteiger partial charge in [0.1, 0.15) is 17.2 Å². The molecule has 1 saturated carbocycles. The molecule has 14 heteroatoms. The Balaban J connectivity index is 1.32. The second-order valence-electron chi connectivity index (χ2n) is 13.6. The van der Waals surface area contributed by atoms with Crippen LogP contribution in [-0.2, 0) is 36.1 Å². The van der Waals surface area contributed by atoms with E-state index in [2.05, 4.69) is 4.98 Å². The second-order valence-corrected chi connectivity index (χ2v) is 13.6. The highest BCUT2D eigenvalue weighted by Crippen LogP contribution is 2.61. The van der Waals surface area contributed by atoms with Crippen molar-refractivity contribution in [1.82, 2.24) is 23.5 Å². The minimum Gasteiger partial charge on any atom is -0.508 e. The number of nitrogens with zero attached hydrogens (tertiary/aromatic N) is 5. The van der Waals surface area contributed by atoms with Gasteiger partial charge in [-0.25, -0.2) is 28.5 Å². The average Bonchev–Trinajstić information content (AvgIpc) is 3.37. The summed E-state index contributed by atoms with van der Waals surface area (Å²) < 4.78 is 21.7. The van der Waals surface area contributed by atoms with Crippen LogP contribution in [0.15, 0.2) is 67.5 Å². The van der Waals surface area contributed by atoms with Crippen LogP contribution < -0.4 is 31.1 Å². The summed E-state index contributed by atoms with van der Waals surface area (Å²) in [5.74, 6) is -0.695. The third-order valence-electron chi connectivity index (χ3n) is 11.3. The number of benzene rings is 2. The van der Waals surface area contributed by atoms with E-state index in [9.17, 15) is 29.1 Å². The van der Waals surface area contributed by atoms with Gasteiger partial charge < -0.3 is 23.9 Å². The zero-order chi connectivity index (χ0) is 36.7. The van der Waals surface area contributed by atoms with E-state index in [1.54, 1.807) is 46.0 Å². The molecule has 7 rings (SSSR count). The van der Waals surface area contributed by atoms with Gasteiger partial charge in [0.05, 0.1) is 50.4 Å². The van der Waals surface area contributed by atoms with Gasteiger partial charge in [0.25, 0.3) is 5.56 Å². The molecule has 0 radical (unpaired) electrons. The van der Waals surface area contributed by atoms with Gasteiger partial charge in [-0.1, -0.05) is 19.1 Å². The lowest BCUT2D eigenvalue weighted by molar-refractivity contribution is -0.140. The molecule has 14 nitrogen and oxygen atoms in total. The van der Waals surface area contributed by atoms with Crippen LogP contribution in [0.25, 0.3) is 11.0 Å². The molecule has 4 atom stereocenters. The molecule has 266 valence electrons. The molecular weight excluding hydrogens is 658 g/mol. The molecule has 0 spiro atoms. The summed E-state index contributed by atoms with van der Waals surface area (Å²) in [6.07, 6.45) is 1.97. The third-order valence-corrected chi connectivity index (χ3v) is 11.3. The van der Waals surface area contributed by atoms with E-state index in [0.29, 0.717) is 50.6 Å². The number of ether oxygens (including phenoxy) is 3. The largest absolute Gasteiger partial charge is 0.508 e. The van der Waals surface area contributed by atoms with Gasteiger partial charge in [0, 0.05) is 55.6 Å². The number of methoxy groups -OCH3 is 3. The van der Waals surface area contributed by atoms with E-state index < -0.39 is 34.7 Å². The van der Waals surface area contributed by atoms with E-state index in [0.717, 1.165) is 4.57 Å². The van der Waals surface area contributed by atoms with Gasteiger partial charge in [-0.05, 0) is 43.1 Å². The maximum Gasteiger partial charge on any atom is 0.347 e. The summed E-state index contributed by atoms with van der Waals surface area (Å²) in [4.78, 5) is 74.4. The quantitative estimate of drug-likeness (QED) is 0.284. The fraction of sp³-hybridized carbons (Fsp3) is 0.405. The number of ketones is 2. The smallest absolute Gasteiger partial charge is 0.347 e. The first-order valence-electron chi connectivity index (χ1n) is 16.6. The summed E-state index contributed by atoms with van der Waals surface area (Å²) in [5, 5.41) is 10.3. The molecule has 2 aliphatic carbocycles. The molecule has 1 N–H and O–H groups in total. The van der Waals surface area contributed by atoms with Crippen molar-refractivity contribution in [3.8, 4) is 23.0 Å². The van der Waals surface area contributed by atoms with E-state index in [-0.39, 0.29) is 54.5 Å². The Morgan fingerprint density at radius 2 is 1.61 bits per heavy atom. The predicted octanol–water partition coefficient (Wildman–Crippen LogP) is 2.81. The van der Waals surface area contributed by atoms with Crippen molar-refractivity contribution in [3.63, 3.8) is 0 Å². The number of hydrogen-bond acceptors (Lipinski definition) is 10. The fourth-order valence-electron chi connectivity index (χ4n) is 8.45. The number of Topliss-reactive ketones (excluding diaryl/α,β-unsaturated/α-hetero) is 2. The highest BCUT2D eigenvalue weighted by atomic mass is 16.5. The van der Waals surface area contributed by atoms with Crippen LogP contribution in [0.3, 0.4) is 0 Å². The molecule has 0 bridgehead atoms. The molecule has 1 aliphatic heterocycles. The SMILES string of the molecule is COc1cc2nc(CCn3c(=O)n4n(c3=O)[C@@H]3C[C@H]5C(=O)C(C)=C(C)C(=O)[C@@]5(C)[C@@H](c5ccc(O)cc5OC)C3=CC4)c(=O)n(C)c2cc1OC. The third kappa shape index (κ3) is 4.75. The van der Waals surface area contributed by atoms with Gasteiger partial charge in [-0.3, -0.25) is 14.4 Å². The number of carbonyl (C=O) groups excluding carboxylic acids is 2. The minimum absolute atomic E-state index is 0.00858. The Kier molecular flexibility index (Phi) is 7.95. The van der Waals surface area contributed by atoms with Crippen molar-refractivity contribution in [2.75, 3.05) is 21.3 Å². The first-order valence-corrected chi connectivity index (χ1v) is 16.6. The lowest BCUT2D eigenvalue weighted by Gasteiger charge is -2.53. The summed E-state index contributed by atoms with van der Waals surface area (Å²) in [5.41, 5.74) is 0.456. The van der Waals surface area contributed by atoms with Gasteiger partial charge in [-0.2, -0.15) is 0 Å². The number of allylic oxidation sites excluding steroid dienone is 4. The maximum atomic E-state index is 14.3. The first kappa shape index (κ1) is 33.8. The van der Waals surface area contributed by atoms with Crippen LogP contribution in [0.5, 0.6) is 23.0 Å². The number of phenols is 1. The first-order chi connectivity index (χ1) is 24.3. The lowest BCUT2D eigenvalue weighted by atomic mass is 9.50. The maximum absolute atomic E-state index is 14.3. The minimum atomic E-state index is -1.23. The zero-order valence-electron chi connectivity index (χ0n) is 29.5. The Morgan fingerprint density at radius 1 is 0.922 bits per heavy atom. The Morgan fingerprint density at radius 3 is 2.29 bits per heavy atom. The van der Waals surface area contributed by atoms with Crippen molar-refractivity contribution in [2.45, 2.75) is 58.7 Å². The molecule has 51 heavy (non-hydrogen) atoms. The summed E-state index contributed by atoms with van der Waals surface area (Å²) in [6, 6.07) is 7.23. The van der Waals surface area contributed by atoms with Crippen LogP contribution >= 0.6 is 0 Å². The molecule has 2 aromatic carbocycles. The van der Waals surface area contributed by atoms with Crippen molar-refractivity contribution >= 4 is 22.6 Å². The second kappa shape index (κ2) is 12.0. The van der Waals surface area contributed by atoms with E-state index >= 15 is 0 Å². The Labute approximate surface area is 291 Å². The van der Waals surface area contributed by atoms with E-state index in [1.807, 2.05) is 6.08 Å². The van der Waals surface area contributed by atoms with Crippen molar-refractivity contribution in [2.24, 2.45) is 18.4 Å². The number of phenolic OH excluding ortho intramolecular Hbond substituents is 1. The highest BCUT2D eigenvalue weighted by molar-refractivity contribution is 6.15.